The third-order valence-corrected chi connectivity index (χ3v) is 11.4. The van der Waals surface area contributed by atoms with Crippen LogP contribution in [-0.2, 0) is 0 Å². The van der Waals surface area contributed by atoms with Gasteiger partial charge in [0.05, 0.1) is 31.7 Å². The Balaban J connectivity index is 1.22. The first-order chi connectivity index (χ1) is 33.6. The minimum Gasteiger partial charge on any atom is -0.307 e. The molecule has 0 N–H and O–H groups in total. The molecule has 9 aromatic carbocycles. The van der Waals surface area contributed by atoms with Crippen molar-refractivity contribution in [2.45, 2.75) is 0 Å². The van der Waals surface area contributed by atoms with E-state index in [2.05, 4.69) is 24.3 Å². The molecule has 0 bridgehead atoms. The Morgan fingerprint density at radius 3 is 1.44 bits per heavy atom. The number of aromatic nitrogens is 5. The first-order valence-electron chi connectivity index (χ1n) is 23.9. The number of nitrogens with zero attached hydrogens (tertiary/aromatic N) is 5. The minimum absolute atomic E-state index is 0.00364. The van der Waals surface area contributed by atoms with Gasteiger partial charge in [-0.1, -0.05) is 188 Å². The third kappa shape index (κ3) is 5.98. The van der Waals surface area contributed by atoms with Gasteiger partial charge in [0.1, 0.15) is 0 Å². The van der Waals surface area contributed by atoms with Crippen LogP contribution in [0, 0.1) is 0 Å². The van der Waals surface area contributed by atoms with Gasteiger partial charge in [-0.05, 0) is 69.7 Å². The van der Waals surface area contributed by atoms with Crippen LogP contribution in [0.1, 0.15) is 9.60 Å². The average molecular weight is 799 g/mol. The van der Waals surface area contributed by atoms with Crippen LogP contribution < -0.4 is 0 Å². The van der Waals surface area contributed by atoms with Gasteiger partial charge in [-0.15, -0.1) is 0 Å². The maximum atomic E-state index is 9.77. The molecule has 3 heterocycles. The zero-order valence-electron chi connectivity index (χ0n) is 40.1. The van der Waals surface area contributed by atoms with Gasteiger partial charge in [-0.25, -0.2) is 4.98 Å². The standard InChI is InChI=1S/C57H37N5/c1-4-17-38(18-5-1)41-23-14-25-43(35-41)44-26-16-28-46(37-44)61-51-31-12-10-29-47(51)49-33-34-50-48-30-11-13-32-52(48)62(54(50)53(49)61)57-59-55(40-21-8-3-9-22-40)58-56(60-57)45-27-15-24-42(36-45)39-19-6-2-7-20-39/h1-37H/i10D,11D,29D,30D,31D,32D,34D. The van der Waals surface area contributed by atoms with E-state index in [1.165, 1.54) is 12.1 Å². The van der Waals surface area contributed by atoms with Gasteiger partial charge in [-0.2, -0.15) is 9.97 Å². The van der Waals surface area contributed by atoms with Gasteiger partial charge in [0.15, 0.2) is 11.6 Å². The van der Waals surface area contributed by atoms with E-state index in [0.717, 1.165) is 33.4 Å². The zero-order valence-corrected chi connectivity index (χ0v) is 33.1. The second-order valence-electron chi connectivity index (χ2n) is 15.1. The van der Waals surface area contributed by atoms with Crippen molar-refractivity contribution >= 4 is 43.6 Å². The fourth-order valence-electron chi connectivity index (χ4n) is 8.56. The molecule has 290 valence electrons. The predicted molar refractivity (Wildman–Crippen MR) is 256 cm³/mol. The molecule has 3 aromatic heterocycles. The molecule has 5 nitrogen and oxygen atoms in total. The molecular weight excluding hydrogens is 755 g/mol. The molecule has 0 aliphatic rings. The lowest BCUT2D eigenvalue weighted by Crippen LogP contribution is -2.07. The fourth-order valence-corrected chi connectivity index (χ4v) is 8.56. The van der Waals surface area contributed by atoms with Crippen LogP contribution in [-0.4, -0.2) is 24.1 Å². The van der Waals surface area contributed by atoms with Crippen LogP contribution in [0.3, 0.4) is 0 Å². The van der Waals surface area contributed by atoms with Crippen LogP contribution in [0.2, 0.25) is 0 Å². The van der Waals surface area contributed by atoms with Crippen molar-refractivity contribution in [2.75, 3.05) is 0 Å². The maximum Gasteiger partial charge on any atom is 0.238 e. The van der Waals surface area contributed by atoms with Gasteiger partial charge in [0.2, 0.25) is 5.95 Å². The minimum atomic E-state index is -0.184. The van der Waals surface area contributed by atoms with E-state index < -0.39 is 0 Å². The molecule has 0 aliphatic heterocycles. The monoisotopic (exact) mass is 798 g/mol. The molecule has 0 radical (unpaired) electrons. The molecule has 0 fully saturated rings. The summed E-state index contributed by atoms with van der Waals surface area (Å²) in [6.45, 7) is 0. The third-order valence-electron chi connectivity index (χ3n) is 11.4. The molecule has 12 rings (SSSR count). The summed E-state index contributed by atoms with van der Waals surface area (Å²) in [5.41, 5.74) is 9.32. The van der Waals surface area contributed by atoms with Crippen molar-refractivity contribution in [3.8, 4) is 67.8 Å². The molecule has 0 saturated carbocycles. The summed E-state index contributed by atoms with van der Waals surface area (Å²) in [5.74, 6) is 0.782. The quantitative estimate of drug-likeness (QED) is 0.161. The van der Waals surface area contributed by atoms with E-state index >= 15 is 0 Å². The molecular formula is C57H37N5. The fraction of sp³-hybridized carbons (Fsp3) is 0. The molecule has 0 atom stereocenters. The van der Waals surface area contributed by atoms with Gasteiger partial charge in [0.25, 0.3) is 0 Å². The normalized spacial score (nSPS) is 13.1. The number of hydrogen-bond donors (Lipinski definition) is 0. The number of rotatable bonds is 7. The lowest BCUT2D eigenvalue weighted by molar-refractivity contribution is 0.953. The Hall–Kier alpha value is -8.41. The molecule has 0 saturated heterocycles. The van der Waals surface area contributed by atoms with Gasteiger partial charge in [-0.3, -0.25) is 4.57 Å². The summed E-state index contributed by atoms with van der Waals surface area (Å²) in [5, 5.41) is 1.21. The van der Waals surface area contributed by atoms with Crippen molar-refractivity contribution in [2.24, 2.45) is 0 Å². The van der Waals surface area contributed by atoms with Crippen LogP contribution in [0.25, 0.3) is 111 Å². The predicted octanol–water partition coefficient (Wildman–Crippen LogP) is 14.4. The molecule has 62 heavy (non-hydrogen) atoms. The molecule has 0 amide bonds. The molecule has 12 aromatic rings. The Bertz CT molecular complexity index is 4040. The Labute approximate surface area is 368 Å². The topological polar surface area (TPSA) is 48.5 Å². The van der Waals surface area contributed by atoms with Crippen LogP contribution in [0.15, 0.2) is 224 Å². The van der Waals surface area contributed by atoms with E-state index in [0.29, 0.717) is 55.8 Å². The Morgan fingerprint density at radius 1 is 0.323 bits per heavy atom. The van der Waals surface area contributed by atoms with E-state index in [4.69, 9.17) is 17.7 Å². The molecule has 0 unspecified atom stereocenters. The average Bonchev–Trinajstić information content (AvgIpc) is 3.94. The van der Waals surface area contributed by atoms with E-state index in [-0.39, 0.29) is 64.5 Å². The summed E-state index contributed by atoms with van der Waals surface area (Å²) >= 11 is 0. The lowest BCUT2D eigenvalue weighted by Gasteiger charge is -2.14. The molecule has 5 heteroatoms. The SMILES string of the molecule is [2H]c1cc([2H])c2c(c1[2H])c1cc([2H])c3c4c([2H])c([2H])cc([2H])c4n(-c4nc(-c5ccccc5)nc(-c5cccc(-c6ccccc6)c5)n4)c3c1n2-c1cccc(-c2cccc(-c3ccccc3)c2)c1. The van der Waals surface area contributed by atoms with Crippen LogP contribution in [0.5, 0.6) is 0 Å². The Kier molecular flexibility index (Phi) is 6.86. The van der Waals surface area contributed by atoms with Crippen molar-refractivity contribution in [3.05, 3.63) is 224 Å². The maximum absolute atomic E-state index is 9.77. The number of para-hydroxylation sites is 2. The highest BCUT2D eigenvalue weighted by atomic mass is 15.2. The highest BCUT2D eigenvalue weighted by Crippen LogP contribution is 2.42. The Morgan fingerprint density at radius 2 is 0.790 bits per heavy atom. The number of fused-ring (bicyclic) bond motifs is 7. The van der Waals surface area contributed by atoms with E-state index in [1.807, 2.05) is 144 Å². The van der Waals surface area contributed by atoms with E-state index in [9.17, 15) is 6.85 Å². The van der Waals surface area contributed by atoms with Crippen LogP contribution in [0.4, 0.5) is 0 Å². The first-order valence-corrected chi connectivity index (χ1v) is 20.4. The van der Waals surface area contributed by atoms with Crippen LogP contribution >= 0.6 is 0 Å². The molecule has 0 spiro atoms. The summed E-state index contributed by atoms with van der Waals surface area (Å²) in [4.78, 5) is 15.4. The summed E-state index contributed by atoms with van der Waals surface area (Å²) in [6.07, 6.45) is 0. The van der Waals surface area contributed by atoms with Crippen molar-refractivity contribution < 1.29 is 9.60 Å². The van der Waals surface area contributed by atoms with Crippen molar-refractivity contribution in [3.63, 3.8) is 0 Å². The highest BCUT2D eigenvalue weighted by molar-refractivity contribution is 6.23. The zero-order chi connectivity index (χ0) is 47.1. The summed E-state index contributed by atoms with van der Waals surface area (Å²) < 4.78 is 68.9. The summed E-state index contributed by atoms with van der Waals surface area (Å²) in [7, 11) is 0. The molecule has 0 aliphatic carbocycles. The van der Waals surface area contributed by atoms with Gasteiger partial charge in [0, 0.05) is 38.4 Å². The number of benzene rings is 9. The highest BCUT2D eigenvalue weighted by Gasteiger charge is 2.24. The number of hydrogen-bond acceptors (Lipinski definition) is 3. The van der Waals surface area contributed by atoms with Gasteiger partial charge < -0.3 is 4.57 Å². The largest absolute Gasteiger partial charge is 0.307 e. The second-order valence-corrected chi connectivity index (χ2v) is 15.1. The van der Waals surface area contributed by atoms with E-state index in [1.54, 1.807) is 10.6 Å². The summed E-state index contributed by atoms with van der Waals surface area (Å²) in [6, 6.07) is 57.4. The van der Waals surface area contributed by atoms with Crippen molar-refractivity contribution in [1.82, 2.24) is 24.1 Å². The van der Waals surface area contributed by atoms with Gasteiger partial charge >= 0.3 is 0 Å². The lowest BCUT2D eigenvalue weighted by atomic mass is 9.99. The first kappa shape index (κ1) is 28.9. The second kappa shape index (κ2) is 14.7. The van der Waals surface area contributed by atoms with Crippen molar-refractivity contribution in [1.29, 1.82) is 0 Å². The smallest absolute Gasteiger partial charge is 0.238 e.